The van der Waals surface area contributed by atoms with Crippen molar-refractivity contribution in [2.75, 3.05) is 18.0 Å². The van der Waals surface area contributed by atoms with E-state index in [-0.39, 0.29) is 18.0 Å². The van der Waals surface area contributed by atoms with Crippen LogP contribution in [0.5, 0.6) is 0 Å². The summed E-state index contributed by atoms with van der Waals surface area (Å²) in [5.41, 5.74) is 1.79. The number of hydrogen-bond donors (Lipinski definition) is 0. The van der Waals surface area contributed by atoms with E-state index < -0.39 is 0 Å². The number of rotatable bonds is 4. The lowest BCUT2D eigenvalue weighted by molar-refractivity contribution is -0.122. The van der Waals surface area contributed by atoms with Gasteiger partial charge in [-0.25, -0.2) is 4.98 Å². The van der Waals surface area contributed by atoms with Gasteiger partial charge >= 0.3 is 0 Å². The summed E-state index contributed by atoms with van der Waals surface area (Å²) in [5.74, 6) is 2.02. The third kappa shape index (κ3) is 4.30. The van der Waals surface area contributed by atoms with Gasteiger partial charge in [-0.1, -0.05) is 43.9 Å². The molecule has 0 spiro atoms. The SMILES string of the molecule is Cc1ccc2nc(N3CC(C)CC(C)C3)c(/C=C3\SC(=S)N(Cc4ccco4)C3=O)c(=O)n2c1. The van der Waals surface area contributed by atoms with Crippen LogP contribution in [0.1, 0.15) is 37.2 Å². The van der Waals surface area contributed by atoms with Crippen LogP contribution in [0, 0.1) is 18.8 Å². The summed E-state index contributed by atoms with van der Waals surface area (Å²) in [6.07, 6.45) is 6.17. The molecule has 0 aliphatic carbocycles. The van der Waals surface area contributed by atoms with Crippen LogP contribution in [0.4, 0.5) is 5.82 Å². The fraction of sp³-hybridized carbons (Fsp3) is 0.360. The highest BCUT2D eigenvalue weighted by atomic mass is 32.2. The first kappa shape index (κ1) is 22.9. The van der Waals surface area contributed by atoms with Crippen LogP contribution in [0.25, 0.3) is 11.7 Å². The molecule has 0 aromatic carbocycles. The fourth-order valence-corrected chi connectivity index (χ4v) is 6.01. The maximum Gasteiger partial charge on any atom is 0.267 e. The minimum Gasteiger partial charge on any atom is -0.467 e. The van der Waals surface area contributed by atoms with Crippen LogP contribution in [0.3, 0.4) is 0 Å². The number of anilines is 1. The molecule has 3 aromatic heterocycles. The molecule has 5 heterocycles. The largest absolute Gasteiger partial charge is 0.467 e. The van der Waals surface area contributed by atoms with Crippen LogP contribution in [0.2, 0.25) is 0 Å². The Morgan fingerprint density at radius 2 is 1.97 bits per heavy atom. The number of nitrogens with zero attached hydrogens (tertiary/aromatic N) is 4. The van der Waals surface area contributed by atoms with Gasteiger partial charge in [-0.3, -0.25) is 18.9 Å². The number of amides is 1. The number of fused-ring (bicyclic) bond motifs is 1. The van der Waals surface area contributed by atoms with Crippen molar-refractivity contribution in [3.8, 4) is 0 Å². The molecule has 2 saturated heterocycles. The number of thioether (sulfide) groups is 1. The molecule has 176 valence electrons. The number of carbonyl (C=O) groups excluding carboxylic acids is 1. The van der Waals surface area contributed by atoms with Gasteiger partial charge in [0, 0.05) is 19.3 Å². The molecule has 2 aliphatic heterocycles. The molecule has 7 nitrogen and oxygen atoms in total. The van der Waals surface area contributed by atoms with Crippen LogP contribution < -0.4 is 10.5 Å². The lowest BCUT2D eigenvalue weighted by atomic mass is 9.91. The summed E-state index contributed by atoms with van der Waals surface area (Å²) < 4.78 is 7.39. The quantitative estimate of drug-likeness (QED) is 0.391. The van der Waals surface area contributed by atoms with E-state index >= 15 is 0 Å². The van der Waals surface area contributed by atoms with Crippen molar-refractivity contribution in [1.82, 2.24) is 14.3 Å². The molecule has 34 heavy (non-hydrogen) atoms. The van der Waals surface area contributed by atoms with E-state index in [0.29, 0.717) is 43.9 Å². The Labute approximate surface area is 207 Å². The molecule has 9 heteroatoms. The lowest BCUT2D eigenvalue weighted by Gasteiger charge is -2.36. The minimum atomic E-state index is -0.230. The Morgan fingerprint density at radius 3 is 2.68 bits per heavy atom. The highest BCUT2D eigenvalue weighted by molar-refractivity contribution is 8.26. The number of aryl methyl sites for hydroxylation is 1. The zero-order valence-electron chi connectivity index (χ0n) is 19.4. The number of aromatic nitrogens is 2. The van der Waals surface area contributed by atoms with Gasteiger partial charge < -0.3 is 9.32 Å². The smallest absolute Gasteiger partial charge is 0.267 e. The first-order chi connectivity index (χ1) is 16.3. The van der Waals surface area contributed by atoms with E-state index in [1.54, 1.807) is 35.1 Å². The number of hydrogen-bond acceptors (Lipinski definition) is 7. The average molecular weight is 495 g/mol. The van der Waals surface area contributed by atoms with Gasteiger partial charge in [0.05, 0.1) is 23.3 Å². The molecule has 2 unspecified atom stereocenters. The predicted molar refractivity (Wildman–Crippen MR) is 139 cm³/mol. The molecule has 2 fully saturated rings. The van der Waals surface area contributed by atoms with E-state index in [2.05, 4.69) is 18.7 Å². The van der Waals surface area contributed by atoms with Crippen LogP contribution >= 0.6 is 24.0 Å². The van der Waals surface area contributed by atoms with Crippen molar-refractivity contribution in [1.29, 1.82) is 0 Å². The molecule has 5 rings (SSSR count). The Kier molecular flexibility index (Phi) is 6.07. The van der Waals surface area contributed by atoms with E-state index in [1.165, 1.54) is 16.7 Å². The van der Waals surface area contributed by atoms with Gasteiger partial charge in [-0.05, 0) is 55.0 Å². The van der Waals surface area contributed by atoms with Gasteiger partial charge in [0.15, 0.2) is 0 Å². The summed E-state index contributed by atoms with van der Waals surface area (Å²) in [4.78, 5) is 35.9. The van der Waals surface area contributed by atoms with Crippen molar-refractivity contribution in [2.24, 2.45) is 11.8 Å². The lowest BCUT2D eigenvalue weighted by Crippen LogP contribution is -2.40. The summed E-state index contributed by atoms with van der Waals surface area (Å²) in [6.45, 7) is 8.28. The van der Waals surface area contributed by atoms with Crippen molar-refractivity contribution < 1.29 is 9.21 Å². The molecule has 2 aliphatic rings. The van der Waals surface area contributed by atoms with Gasteiger partial charge in [-0.15, -0.1) is 0 Å². The third-order valence-corrected chi connectivity index (χ3v) is 7.57. The number of thiocarbonyl (C=S) groups is 1. The molecule has 0 N–H and O–H groups in total. The number of pyridine rings is 1. The molecular weight excluding hydrogens is 468 g/mol. The molecule has 0 bridgehead atoms. The molecular formula is C25H26N4O3S2. The van der Waals surface area contributed by atoms with Crippen molar-refractivity contribution in [3.05, 3.63) is 68.9 Å². The predicted octanol–water partition coefficient (Wildman–Crippen LogP) is 4.48. The van der Waals surface area contributed by atoms with Gasteiger partial charge in [-0.2, -0.15) is 0 Å². The molecule has 0 radical (unpaired) electrons. The van der Waals surface area contributed by atoms with Crippen molar-refractivity contribution >= 4 is 51.7 Å². The Hall–Kier alpha value is -2.91. The summed E-state index contributed by atoms with van der Waals surface area (Å²) in [5, 5.41) is 0. The number of carbonyl (C=O) groups is 1. The average Bonchev–Trinajstić information content (AvgIpc) is 3.39. The normalized spacial score (nSPS) is 22.4. The fourth-order valence-electron chi connectivity index (χ4n) is 4.78. The van der Waals surface area contributed by atoms with E-state index in [1.807, 2.05) is 19.1 Å². The van der Waals surface area contributed by atoms with Crippen LogP contribution in [-0.4, -0.2) is 37.6 Å². The second kappa shape index (κ2) is 9.03. The van der Waals surface area contributed by atoms with Gasteiger partial charge in [0.25, 0.3) is 11.5 Å². The zero-order valence-corrected chi connectivity index (χ0v) is 21.0. The maximum atomic E-state index is 13.7. The summed E-state index contributed by atoms with van der Waals surface area (Å²) in [6, 6.07) is 7.40. The van der Waals surface area contributed by atoms with E-state index in [9.17, 15) is 9.59 Å². The van der Waals surface area contributed by atoms with Crippen molar-refractivity contribution in [3.63, 3.8) is 0 Å². The van der Waals surface area contributed by atoms with Crippen LogP contribution in [0.15, 0.2) is 50.8 Å². The van der Waals surface area contributed by atoms with E-state index in [4.69, 9.17) is 21.6 Å². The summed E-state index contributed by atoms with van der Waals surface area (Å²) in [7, 11) is 0. The highest BCUT2D eigenvalue weighted by Gasteiger charge is 2.34. The van der Waals surface area contributed by atoms with Gasteiger partial charge in [0.1, 0.15) is 21.5 Å². The Morgan fingerprint density at radius 1 is 1.21 bits per heavy atom. The van der Waals surface area contributed by atoms with Crippen LogP contribution in [-0.2, 0) is 11.3 Å². The van der Waals surface area contributed by atoms with E-state index in [0.717, 1.165) is 25.1 Å². The molecule has 1 amide bonds. The molecule has 2 atom stereocenters. The maximum absolute atomic E-state index is 13.7. The standard InChI is InChI=1S/C25H26N4O3S2/c1-15-6-7-21-26-22(27-11-16(2)9-17(3)12-27)19(23(30)28(21)13-15)10-20-24(31)29(25(33)34-20)14-18-5-4-8-32-18/h4-8,10,13,16-17H,9,11-12,14H2,1-3H3/b20-10-. The van der Waals surface area contributed by atoms with Gasteiger partial charge in [0.2, 0.25) is 0 Å². The first-order valence-electron chi connectivity index (χ1n) is 11.4. The second-order valence-corrected chi connectivity index (χ2v) is 11.0. The third-order valence-electron chi connectivity index (χ3n) is 6.20. The molecule has 0 saturated carbocycles. The monoisotopic (exact) mass is 494 g/mol. The number of piperidine rings is 1. The second-order valence-electron chi connectivity index (χ2n) is 9.29. The topological polar surface area (TPSA) is 71.1 Å². The minimum absolute atomic E-state index is 0.189. The Bertz CT molecular complexity index is 1350. The number of furan rings is 1. The zero-order chi connectivity index (χ0) is 24.0. The summed E-state index contributed by atoms with van der Waals surface area (Å²) >= 11 is 6.68. The highest BCUT2D eigenvalue weighted by Crippen LogP contribution is 2.35. The van der Waals surface area contributed by atoms with Crippen molar-refractivity contribution in [2.45, 2.75) is 33.7 Å². The first-order valence-corrected chi connectivity index (χ1v) is 12.6. The Balaban J connectivity index is 1.61. The molecule has 3 aromatic rings.